The smallest absolute Gasteiger partial charge is 0.416 e. The average Bonchev–Trinajstić information content (AvgIpc) is 3.28. The van der Waals surface area contributed by atoms with Crippen LogP contribution in [0.25, 0.3) is 0 Å². The second kappa shape index (κ2) is 10.5. The lowest BCUT2D eigenvalue weighted by Crippen LogP contribution is -2.44. The molecule has 2 heterocycles. The van der Waals surface area contributed by atoms with E-state index in [4.69, 9.17) is 4.42 Å². The molecule has 11 heteroatoms. The molecule has 2 N–H and O–H groups in total. The summed E-state index contributed by atoms with van der Waals surface area (Å²) in [7, 11) is -3.07. The molecule has 1 saturated heterocycles. The maximum atomic E-state index is 12.9. The quantitative estimate of drug-likeness (QED) is 0.324. The third-order valence-corrected chi connectivity index (χ3v) is 6.26. The Bertz CT molecular complexity index is 947. The number of guanidine groups is 1. The van der Waals surface area contributed by atoms with Gasteiger partial charge in [-0.3, -0.25) is 0 Å². The van der Waals surface area contributed by atoms with Crippen LogP contribution in [0.3, 0.4) is 0 Å². The first-order valence-electron chi connectivity index (χ1n) is 9.15. The summed E-state index contributed by atoms with van der Waals surface area (Å²) in [5, 5.41) is 6.16. The zero-order chi connectivity index (χ0) is 20.9. The van der Waals surface area contributed by atoms with Gasteiger partial charge in [-0.05, 0) is 36.2 Å². The highest BCUT2D eigenvalue weighted by Crippen LogP contribution is 2.29. The van der Waals surface area contributed by atoms with Gasteiger partial charge in [0.25, 0.3) is 0 Å². The van der Waals surface area contributed by atoms with Crippen LogP contribution in [0.1, 0.15) is 23.3 Å². The van der Waals surface area contributed by atoms with Crippen LogP contribution in [0, 0.1) is 0 Å². The van der Waals surface area contributed by atoms with E-state index < -0.39 is 21.6 Å². The molecule has 0 amide bonds. The molecule has 0 radical (unpaired) electrons. The minimum Gasteiger partial charge on any atom is -0.469 e. The van der Waals surface area contributed by atoms with Crippen LogP contribution in [0.2, 0.25) is 0 Å². The zero-order valence-corrected chi connectivity index (χ0v) is 19.1. The number of nitrogens with zero attached hydrogens (tertiary/aromatic N) is 1. The lowest BCUT2D eigenvalue weighted by atomic mass is 10.1. The van der Waals surface area contributed by atoms with Crippen LogP contribution >= 0.6 is 24.0 Å². The number of halogens is 4. The summed E-state index contributed by atoms with van der Waals surface area (Å²) in [5.74, 6) is 1.25. The van der Waals surface area contributed by atoms with Crippen molar-refractivity contribution in [1.82, 2.24) is 10.6 Å². The molecule has 1 aromatic carbocycles. The Morgan fingerprint density at radius 3 is 2.67 bits per heavy atom. The van der Waals surface area contributed by atoms with Gasteiger partial charge in [-0.15, -0.1) is 24.0 Å². The molecule has 1 aliphatic rings. The summed E-state index contributed by atoms with van der Waals surface area (Å²) in [5.41, 5.74) is -0.321. The van der Waals surface area contributed by atoms with Gasteiger partial charge in [0, 0.05) is 19.0 Å². The van der Waals surface area contributed by atoms with Crippen LogP contribution in [-0.2, 0) is 29.0 Å². The van der Waals surface area contributed by atoms with E-state index in [1.807, 2.05) is 6.07 Å². The van der Waals surface area contributed by atoms with E-state index in [2.05, 4.69) is 15.6 Å². The van der Waals surface area contributed by atoms with Gasteiger partial charge in [0.05, 0.1) is 29.9 Å². The van der Waals surface area contributed by atoms with Crippen molar-refractivity contribution in [2.45, 2.75) is 31.6 Å². The monoisotopic (exact) mass is 557 g/mol. The standard InChI is InChI=1S/C19H22F3N3O3S.HI/c20-19(21,22)15-4-1-3-14(11-15)12-24-18(23-8-6-17-5-2-9-28-17)25-16-7-10-29(26,27)13-16;/h1-5,9,11,16H,6-8,10,12-13H2,(H2,23,24,25);1H. The third kappa shape index (κ3) is 7.49. The van der Waals surface area contributed by atoms with Gasteiger partial charge < -0.3 is 15.1 Å². The number of rotatable bonds is 6. The Morgan fingerprint density at radius 1 is 1.23 bits per heavy atom. The van der Waals surface area contributed by atoms with Gasteiger partial charge in [-0.2, -0.15) is 13.2 Å². The Balaban J connectivity index is 0.00000320. The summed E-state index contributed by atoms with van der Waals surface area (Å²) >= 11 is 0. The molecule has 1 fully saturated rings. The summed E-state index contributed by atoms with van der Waals surface area (Å²) in [6.07, 6.45) is -1.80. The SMILES string of the molecule is I.O=S1(=O)CCC(NC(=NCc2cccc(C(F)(F)F)c2)NCCc2ccco2)C1. The second-order valence-corrected chi connectivity index (χ2v) is 9.09. The number of hydrogen-bond donors (Lipinski definition) is 2. The molecule has 0 bridgehead atoms. The minimum absolute atomic E-state index is 0. The van der Waals surface area contributed by atoms with Crippen molar-refractivity contribution in [1.29, 1.82) is 0 Å². The van der Waals surface area contributed by atoms with E-state index in [0.717, 1.165) is 17.9 Å². The van der Waals surface area contributed by atoms with Gasteiger partial charge in [0.1, 0.15) is 5.76 Å². The molecule has 1 atom stereocenters. The molecule has 2 aromatic rings. The molecule has 166 valence electrons. The fraction of sp³-hybridized carbons (Fsp3) is 0.421. The maximum absolute atomic E-state index is 12.9. The first-order valence-corrected chi connectivity index (χ1v) is 11.0. The van der Waals surface area contributed by atoms with Crippen molar-refractivity contribution in [3.05, 3.63) is 59.5 Å². The van der Waals surface area contributed by atoms with E-state index in [1.54, 1.807) is 18.4 Å². The van der Waals surface area contributed by atoms with Gasteiger partial charge in [-0.25, -0.2) is 13.4 Å². The topological polar surface area (TPSA) is 83.7 Å². The lowest BCUT2D eigenvalue weighted by Gasteiger charge is -2.16. The molecular weight excluding hydrogens is 534 g/mol. The normalized spacial score (nSPS) is 18.6. The first-order chi connectivity index (χ1) is 13.7. The number of benzene rings is 1. The molecular formula is C19H23F3IN3O3S. The van der Waals surface area contributed by atoms with Gasteiger partial charge >= 0.3 is 6.18 Å². The molecule has 30 heavy (non-hydrogen) atoms. The minimum atomic E-state index is -4.42. The molecule has 0 spiro atoms. The highest BCUT2D eigenvalue weighted by atomic mass is 127. The molecule has 1 aromatic heterocycles. The second-order valence-electron chi connectivity index (χ2n) is 6.86. The number of nitrogens with one attached hydrogen (secondary N) is 2. The Morgan fingerprint density at radius 2 is 2.03 bits per heavy atom. The summed E-state index contributed by atoms with van der Waals surface area (Å²) in [4.78, 5) is 4.35. The number of hydrogen-bond acceptors (Lipinski definition) is 4. The zero-order valence-electron chi connectivity index (χ0n) is 16.0. The van der Waals surface area contributed by atoms with Gasteiger partial charge in [0.15, 0.2) is 15.8 Å². The maximum Gasteiger partial charge on any atom is 0.416 e. The predicted molar refractivity (Wildman–Crippen MR) is 119 cm³/mol. The van der Waals surface area contributed by atoms with Crippen molar-refractivity contribution in [3.8, 4) is 0 Å². The highest BCUT2D eigenvalue weighted by Gasteiger charge is 2.30. The Kier molecular flexibility index (Phi) is 8.59. The van der Waals surface area contributed by atoms with Crippen LogP contribution in [0.4, 0.5) is 13.2 Å². The fourth-order valence-electron chi connectivity index (χ4n) is 3.03. The van der Waals surface area contributed by atoms with Crippen molar-refractivity contribution in [3.63, 3.8) is 0 Å². The fourth-order valence-corrected chi connectivity index (χ4v) is 4.70. The summed E-state index contributed by atoms with van der Waals surface area (Å²) < 4.78 is 67.3. The van der Waals surface area contributed by atoms with Crippen molar-refractivity contribution < 1.29 is 26.0 Å². The van der Waals surface area contributed by atoms with E-state index in [9.17, 15) is 21.6 Å². The van der Waals surface area contributed by atoms with Crippen molar-refractivity contribution >= 4 is 39.8 Å². The molecule has 1 unspecified atom stereocenters. The van der Waals surface area contributed by atoms with E-state index in [-0.39, 0.29) is 48.1 Å². The number of alkyl halides is 3. The van der Waals surface area contributed by atoms with Crippen molar-refractivity contribution in [2.75, 3.05) is 18.1 Å². The van der Waals surface area contributed by atoms with Crippen LogP contribution in [0.15, 0.2) is 52.1 Å². The van der Waals surface area contributed by atoms with Gasteiger partial charge in [-0.1, -0.05) is 12.1 Å². The largest absolute Gasteiger partial charge is 0.469 e. The molecule has 0 saturated carbocycles. The third-order valence-electron chi connectivity index (χ3n) is 4.49. The van der Waals surface area contributed by atoms with Crippen molar-refractivity contribution in [2.24, 2.45) is 4.99 Å². The molecule has 1 aliphatic heterocycles. The molecule has 3 rings (SSSR count). The molecule has 0 aliphatic carbocycles. The van der Waals surface area contributed by atoms with Crippen LogP contribution < -0.4 is 10.6 Å². The highest BCUT2D eigenvalue weighted by molar-refractivity contribution is 14.0. The summed E-state index contributed by atoms with van der Waals surface area (Å²) in [6, 6.07) is 8.31. The first kappa shape index (κ1) is 24.5. The number of aliphatic imine (C=N–C) groups is 1. The van der Waals surface area contributed by atoms with E-state index >= 15 is 0 Å². The lowest BCUT2D eigenvalue weighted by molar-refractivity contribution is -0.137. The van der Waals surface area contributed by atoms with Crippen LogP contribution in [0.5, 0.6) is 0 Å². The average molecular weight is 557 g/mol. The number of sulfone groups is 1. The van der Waals surface area contributed by atoms with E-state index in [1.165, 1.54) is 6.07 Å². The Labute approximate surface area is 190 Å². The predicted octanol–water partition coefficient (Wildman–Crippen LogP) is 3.38. The van der Waals surface area contributed by atoms with E-state index in [0.29, 0.717) is 30.9 Å². The molecule has 6 nitrogen and oxygen atoms in total. The number of furan rings is 1. The summed E-state index contributed by atoms with van der Waals surface area (Å²) in [6.45, 7) is 0.501. The van der Waals surface area contributed by atoms with Crippen LogP contribution in [-0.4, -0.2) is 38.5 Å². The van der Waals surface area contributed by atoms with Gasteiger partial charge in [0.2, 0.25) is 0 Å². The Hall–Kier alpha value is -1.76.